The van der Waals surface area contributed by atoms with E-state index in [0.29, 0.717) is 0 Å². The molecule has 1 nitrogen and oxygen atoms in total. The molecule has 0 saturated carbocycles. The molecule has 0 aliphatic heterocycles. The normalized spacial score (nSPS) is 11.6. The standard InChI is InChI=1S/C17H28OSi/c1-8-10-11-14-15(9-2)18-16(12-19(5,6)7)17(14)13(3)4/h9H,2-3,8,10-12H2,1,4-7H3. The molecular weight excluding hydrogens is 248 g/mol. The summed E-state index contributed by atoms with van der Waals surface area (Å²) in [6.07, 6.45) is 5.30. The van der Waals surface area contributed by atoms with Gasteiger partial charge in [-0.1, -0.05) is 46.1 Å². The number of allylic oxidation sites excluding steroid dienone is 1. The van der Waals surface area contributed by atoms with Crippen LogP contribution in [-0.4, -0.2) is 8.07 Å². The Hall–Kier alpha value is -1.02. The van der Waals surface area contributed by atoms with Gasteiger partial charge in [0, 0.05) is 17.2 Å². The summed E-state index contributed by atoms with van der Waals surface area (Å²) < 4.78 is 6.09. The highest BCUT2D eigenvalue weighted by atomic mass is 28.3. The average molecular weight is 276 g/mol. The summed E-state index contributed by atoms with van der Waals surface area (Å²) in [7, 11) is -1.20. The van der Waals surface area contributed by atoms with Crippen molar-refractivity contribution in [1.29, 1.82) is 0 Å². The summed E-state index contributed by atoms with van der Waals surface area (Å²) in [5.41, 5.74) is 3.71. The van der Waals surface area contributed by atoms with Crippen LogP contribution in [0.3, 0.4) is 0 Å². The molecule has 0 aliphatic carbocycles. The lowest BCUT2D eigenvalue weighted by molar-refractivity contribution is 0.514. The Labute approximate surface area is 119 Å². The maximum Gasteiger partial charge on any atom is 0.130 e. The monoisotopic (exact) mass is 276 g/mol. The van der Waals surface area contributed by atoms with Crippen molar-refractivity contribution in [2.24, 2.45) is 0 Å². The van der Waals surface area contributed by atoms with Gasteiger partial charge in [0.1, 0.15) is 11.5 Å². The third kappa shape index (κ3) is 4.24. The third-order valence-electron chi connectivity index (χ3n) is 3.19. The molecule has 0 atom stereocenters. The average Bonchev–Trinajstić information content (AvgIpc) is 2.61. The molecule has 0 radical (unpaired) electrons. The van der Waals surface area contributed by atoms with Gasteiger partial charge in [0.2, 0.25) is 0 Å². The fourth-order valence-electron chi connectivity index (χ4n) is 2.41. The van der Waals surface area contributed by atoms with Crippen LogP contribution in [0.2, 0.25) is 19.6 Å². The van der Waals surface area contributed by atoms with Crippen molar-refractivity contribution in [2.45, 2.75) is 58.8 Å². The van der Waals surface area contributed by atoms with Gasteiger partial charge in [-0.15, -0.1) is 0 Å². The lowest BCUT2D eigenvalue weighted by Gasteiger charge is -2.15. The Bertz CT molecular complexity index is 460. The fourth-order valence-corrected chi connectivity index (χ4v) is 3.62. The highest BCUT2D eigenvalue weighted by Gasteiger charge is 2.23. The van der Waals surface area contributed by atoms with E-state index in [4.69, 9.17) is 4.42 Å². The molecule has 1 aromatic rings. The van der Waals surface area contributed by atoms with Crippen LogP contribution in [0.5, 0.6) is 0 Å². The van der Waals surface area contributed by atoms with E-state index in [1.807, 2.05) is 6.08 Å². The minimum absolute atomic E-state index is 0.958. The minimum atomic E-state index is -1.20. The lowest BCUT2D eigenvalue weighted by atomic mass is 9.98. The largest absolute Gasteiger partial charge is 0.461 e. The van der Waals surface area contributed by atoms with Gasteiger partial charge in [-0.05, 0) is 31.4 Å². The van der Waals surface area contributed by atoms with E-state index in [2.05, 4.69) is 46.6 Å². The molecule has 19 heavy (non-hydrogen) atoms. The molecular formula is C17H28OSi. The van der Waals surface area contributed by atoms with E-state index in [0.717, 1.165) is 29.6 Å². The Morgan fingerprint density at radius 3 is 2.37 bits per heavy atom. The van der Waals surface area contributed by atoms with Gasteiger partial charge in [-0.2, -0.15) is 0 Å². The summed E-state index contributed by atoms with van der Waals surface area (Å²) in [5, 5.41) is 0. The summed E-state index contributed by atoms with van der Waals surface area (Å²) >= 11 is 0. The fraction of sp³-hybridized carbons (Fsp3) is 0.529. The van der Waals surface area contributed by atoms with Gasteiger partial charge in [0.05, 0.1) is 8.07 Å². The number of unbranched alkanes of at least 4 members (excludes halogenated alkanes) is 1. The maximum atomic E-state index is 6.09. The maximum absolute atomic E-state index is 6.09. The summed E-state index contributed by atoms with van der Waals surface area (Å²) in [5.74, 6) is 2.09. The van der Waals surface area contributed by atoms with Crippen LogP contribution in [0.15, 0.2) is 17.6 Å². The van der Waals surface area contributed by atoms with Crippen molar-refractivity contribution in [2.75, 3.05) is 0 Å². The molecule has 0 aromatic carbocycles. The molecule has 1 aromatic heterocycles. The van der Waals surface area contributed by atoms with Crippen molar-refractivity contribution in [3.05, 3.63) is 35.8 Å². The second kappa shape index (κ2) is 6.42. The molecule has 1 heterocycles. The van der Waals surface area contributed by atoms with Crippen molar-refractivity contribution < 1.29 is 4.42 Å². The zero-order valence-corrected chi connectivity index (χ0v) is 14.2. The van der Waals surface area contributed by atoms with Crippen LogP contribution in [0, 0.1) is 0 Å². The summed E-state index contributed by atoms with van der Waals surface area (Å²) in [4.78, 5) is 0. The second-order valence-corrected chi connectivity index (χ2v) is 12.0. The van der Waals surface area contributed by atoms with Gasteiger partial charge in [0.25, 0.3) is 0 Å². The SMILES string of the molecule is C=Cc1oc(C[Si](C)(C)C)c(C(=C)C)c1CCCC. The van der Waals surface area contributed by atoms with Gasteiger partial charge < -0.3 is 4.42 Å². The predicted molar refractivity (Wildman–Crippen MR) is 89.2 cm³/mol. The number of furan rings is 1. The van der Waals surface area contributed by atoms with E-state index < -0.39 is 8.07 Å². The Morgan fingerprint density at radius 2 is 1.95 bits per heavy atom. The molecule has 0 amide bonds. The first-order chi connectivity index (χ1) is 8.80. The van der Waals surface area contributed by atoms with Gasteiger partial charge in [-0.25, -0.2) is 0 Å². The first-order valence-electron chi connectivity index (χ1n) is 7.23. The molecule has 106 valence electrons. The minimum Gasteiger partial charge on any atom is -0.461 e. The van der Waals surface area contributed by atoms with E-state index in [9.17, 15) is 0 Å². The van der Waals surface area contributed by atoms with Gasteiger partial charge in [0.15, 0.2) is 0 Å². The highest BCUT2D eigenvalue weighted by molar-refractivity contribution is 6.75. The van der Waals surface area contributed by atoms with E-state index in [1.165, 1.54) is 24.0 Å². The molecule has 0 saturated heterocycles. The lowest BCUT2D eigenvalue weighted by Crippen LogP contribution is -2.24. The molecule has 0 unspecified atom stereocenters. The first-order valence-corrected chi connectivity index (χ1v) is 10.9. The van der Waals surface area contributed by atoms with Crippen molar-refractivity contribution in [3.63, 3.8) is 0 Å². The molecule has 2 heteroatoms. The molecule has 0 bridgehead atoms. The number of hydrogen-bond acceptors (Lipinski definition) is 1. The molecule has 0 spiro atoms. The zero-order valence-electron chi connectivity index (χ0n) is 13.2. The second-order valence-electron chi connectivity index (χ2n) is 6.57. The topological polar surface area (TPSA) is 13.1 Å². The van der Waals surface area contributed by atoms with Crippen LogP contribution in [-0.2, 0) is 12.5 Å². The quantitative estimate of drug-likeness (QED) is 0.581. The van der Waals surface area contributed by atoms with Crippen molar-refractivity contribution >= 4 is 19.7 Å². The Kier molecular flexibility index (Phi) is 5.42. The molecule has 0 fully saturated rings. The van der Waals surface area contributed by atoms with E-state index >= 15 is 0 Å². The molecule has 1 rings (SSSR count). The summed E-state index contributed by atoms with van der Waals surface area (Å²) in [6.45, 7) is 19.5. The van der Waals surface area contributed by atoms with Crippen molar-refractivity contribution in [3.8, 4) is 0 Å². The van der Waals surface area contributed by atoms with E-state index in [-0.39, 0.29) is 0 Å². The van der Waals surface area contributed by atoms with Gasteiger partial charge in [-0.3, -0.25) is 0 Å². The van der Waals surface area contributed by atoms with Crippen molar-refractivity contribution in [1.82, 2.24) is 0 Å². The summed E-state index contributed by atoms with van der Waals surface area (Å²) in [6, 6.07) is 1.07. The number of hydrogen-bond donors (Lipinski definition) is 0. The highest BCUT2D eigenvalue weighted by Crippen LogP contribution is 2.32. The molecule has 0 aliphatic rings. The van der Waals surface area contributed by atoms with Gasteiger partial charge >= 0.3 is 0 Å². The van der Waals surface area contributed by atoms with Crippen LogP contribution in [0.25, 0.3) is 11.6 Å². The predicted octanol–water partition coefficient (Wildman–Crippen LogP) is 5.72. The third-order valence-corrected chi connectivity index (χ3v) is 4.58. The van der Waals surface area contributed by atoms with Crippen LogP contribution in [0.1, 0.15) is 49.3 Å². The zero-order chi connectivity index (χ0) is 14.6. The Balaban J connectivity index is 3.27. The smallest absolute Gasteiger partial charge is 0.130 e. The van der Waals surface area contributed by atoms with Crippen LogP contribution in [0.4, 0.5) is 0 Å². The van der Waals surface area contributed by atoms with E-state index in [1.54, 1.807) is 0 Å². The molecule has 0 N–H and O–H groups in total. The first kappa shape index (κ1) is 16.0. The number of rotatable bonds is 7. The van der Waals surface area contributed by atoms with Crippen LogP contribution < -0.4 is 0 Å². The van der Waals surface area contributed by atoms with Crippen LogP contribution >= 0.6 is 0 Å². The Morgan fingerprint density at radius 1 is 1.32 bits per heavy atom.